The van der Waals surface area contributed by atoms with Crippen molar-refractivity contribution in [3.05, 3.63) is 104 Å². The Bertz CT molecular complexity index is 2040. The highest BCUT2D eigenvalue weighted by atomic mass is 35.5. The van der Waals surface area contributed by atoms with Gasteiger partial charge in [-0.25, -0.2) is 12.4 Å². The first kappa shape index (κ1) is 29.4. The van der Waals surface area contributed by atoms with Gasteiger partial charge in [0, 0.05) is 55.6 Å². The summed E-state index contributed by atoms with van der Waals surface area (Å²) in [5, 5.41) is 0.170. The molecule has 2 aromatic carbocycles. The van der Waals surface area contributed by atoms with Crippen LogP contribution in [-0.4, -0.2) is 53.7 Å². The van der Waals surface area contributed by atoms with Crippen LogP contribution in [0.2, 0.25) is 5.15 Å². The quantitative estimate of drug-likeness (QED) is 0.258. The Morgan fingerprint density at radius 3 is 2.26 bits per heavy atom. The van der Waals surface area contributed by atoms with Crippen LogP contribution < -0.4 is 15.9 Å². The number of rotatable bonds is 8. The molecule has 0 aliphatic carbocycles. The first-order chi connectivity index (χ1) is 19.9. The minimum absolute atomic E-state index is 0.000284. The summed E-state index contributed by atoms with van der Waals surface area (Å²) in [4.78, 5) is 28.4. The molecule has 0 aliphatic heterocycles. The van der Waals surface area contributed by atoms with E-state index in [0.29, 0.717) is 34.4 Å². The van der Waals surface area contributed by atoms with Gasteiger partial charge in [0.1, 0.15) is 23.0 Å². The second-order valence-corrected chi connectivity index (χ2v) is 12.7. The third-order valence-electron chi connectivity index (χ3n) is 7.08. The maximum Gasteiger partial charge on any atom is 0.275 e. The first-order valence-corrected chi connectivity index (χ1v) is 15.0. The van der Waals surface area contributed by atoms with Crippen LogP contribution in [-0.2, 0) is 24.1 Å². The van der Waals surface area contributed by atoms with E-state index in [1.165, 1.54) is 40.4 Å². The molecule has 0 bridgehead atoms. The van der Waals surface area contributed by atoms with Crippen LogP contribution in [0.5, 0.6) is 5.75 Å². The fourth-order valence-electron chi connectivity index (χ4n) is 4.81. The van der Waals surface area contributed by atoms with Gasteiger partial charge in [0.05, 0.1) is 4.90 Å². The van der Waals surface area contributed by atoms with Crippen molar-refractivity contribution < 1.29 is 13.2 Å². The monoisotopic (exact) mass is 606 g/mol. The van der Waals surface area contributed by atoms with E-state index in [4.69, 9.17) is 16.3 Å². The van der Waals surface area contributed by atoms with Gasteiger partial charge in [0.2, 0.25) is 0 Å². The Morgan fingerprint density at radius 2 is 1.57 bits per heavy atom. The molecule has 0 atom stereocenters. The zero-order valence-corrected chi connectivity index (χ0v) is 25.5. The van der Waals surface area contributed by atoms with E-state index in [1.54, 1.807) is 31.6 Å². The van der Waals surface area contributed by atoms with Crippen LogP contribution in [0.25, 0.3) is 33.2 Å². The molecule has 0 saturated carbocycles. The SMILES string of the molecule is Cc1ccc(S(=O)(=O)n2c(Cl)cc3c(-c4cc(=O)n(C)cc4-c4cccc(OCCN(C)C)c4)cn(C)c(=O)c32)cc1. The van der Waals surface area contributed by atoms with Gasteiger partial charge in [0.15, 0.2) is 0 Å². The highest BCUT2D eigenvalue weighted by molar-refractivity contribution is 7.90. The van der Waals surface area contributed by atoms with Gasteiger partial charge in [-0.05, 0) is 62.5 Å². The van der Waals surface area contributed by atoms with Gasteiger partial charge in [0.25, 0.3) is 21.1 Å². The van der Waals surface area contributed by atoms with Crippen LogP contribution in [0.1, 0.15) is 5.56 Å². The van der Waals surface area contributed by atoms with Crippen LogP contribution in [0.3, 0.4) is 0 Å². The summed E-state index contributed by atoms with van der Waals surface area (Å²) in [6.45, 7) is 3.10. The summed E-state index contributed by atoms with van der Waals surface area (Å²) in [6, 6.07) is 16.8. The van der Waals surface area contributed by atoms with Gasteiger partial charge < -0.3 is 18.8 Å². The van der Waals surface area contributed by atoms with Crippen LogP contribution >= 0.6 is 11.6 Å². The van der Waals surface area contributed by atoms with Crippen LogP contribution in [0, 0.1) is 6.92 Å². The number of aromatic nitrogens is 3. The van der Waals surface area contributed by atoms with Crippen molar-refractivity contribution in [1.82, 2.24) is 18.0 Å². The molecule has 0 amide bonds. The summed E-state index contributed by atoms with van der Waals surface area (Å²) >= 11 is 6.57. The van der Waals surface area contributed by atoms with E-state index >= 15 is 0 Å². The topological polar surface area (TPSA) is 95.5 Å². The molecule has 218 valence electrons. The number of halogens is 1. The standard InChI is InChI=1S/C31H31ClN4O5S/c1-20-9-11-23(12-10-20)42(39,40)36-28(32)16-25-27(19-35(5)31(38)30(25)36)24-17-29(37)34(4)18-26(24)21-7-6-8-22(15-21)41-14-13-33(2)3/h6-12,15-19H,13-14H2,1-5H3. The second kappa shape index (κ2) is 11.3. The van der Waals surface area contributed by atoms with Crippen LogP contribution in [0.15, 0.2) is 87.5 Å². The molecule has 0 saturated heterocycles. The average Bonchev–Trinajstić information content (AvgIpc) is 3.30. The van der Waals surface area contributed by atoms with Crippen molar-refractivity contribution in [2.75, 3.05) is 27.2 Å². The Balaban J connectivity index is 1.75. The summed E-state index contributed by atoms with van der Waals surface area (Å²) in [7, 11) is 2.91. The van der Waals surface area contributed by atoms with Gasteiger partial charge in [-0.3, -0.25) is 9.59 Å². The molecule has 0 N–H and O–H groups in total. The molecule has 3 aromatic heterocycles. The molecule has 3 heterocycles. The predicted molar refractivity (Wildman–Crippen MR) is 166 cm³/mol. The number of ether oxygens (including phenoxy) is 1. The zero-order chi connectivity index (χ0) is 30.3. The van der Waals surface area contributed by atoms with E-state index in [0.717, 1.165) is 21.6 Å². The van der Waals surface area contributed by atoms with Crippen molar-refractivity contribution in [3.8, 4) is 28.0 Å². The number of nitrogens with zero attached hydrogens (tertiary/aromatic N) is 4. The Hall–Kier alpha value is -4.12. The lowest BCUT2D eigenvalue weighted by atomic mass is 9.95. The van der Waals surface area contributed by atoms with Crippen molar-refractivity contribution in [3.63, 3.8) is 0 Å². The summed E-state index contributed by atoms with van der Waals surface area (Å²) in [6.07, 6.45) is 3.31. The summed E-state index contributed by atoms with van der Waals surface area (Å²) in [5.74, 6) is 0.665. The van der Waals surface area contributed by atoms with Gasteiger partial charge >= 0.3 is 0 Å². The minimum atomic E-state index is -4.22. The molecule has 5 aromatic rings. The van der Waals surface area contributed by atoms with Gasteiger partial charge in [-0.15, -0.1) is 0 Å². The number of hydrogen-bond acceptors (Lipinski definition) is 6. The number of hydrogen-bond donors (Lipinski definition) is 0. The van der Waals surface area contributed by atoms with Crippen molar-refractivity contribution in [2.24, 2.45) is 14.1 Å². The number of fused-ring (bicyclic) bond motifs is 1. The number of likely N-dealkylation sites (N-methyl/N-ethyl adjacent to an activating group) is 1. The molecular weight excluding hydrogens is 576 g/mol. The van der Waals surface area contributed by atoms with E-state index in [-0.39, 0.29) is 21.1 Å². The van der Waals surface area contributed by atoms with Gasteiger partial charge in [-0.2, -0.15) is 0 Å². The number of aryl methyl sites for hydroxylation is 3. The molecule has 0 unspecified atom stereocenters. The van der Waals surface area contributed by atoms with Crippen molar-refractivity contribution >= 4 is 32.5 Å². The average molecular weight is 607 g/mol. The largest absolute Gasteiger partial charge is 0.492 e. The summed E-state index contributed by atoms with van der Waals surface area (Å²) < 4.78 is 37.1. The maximum atomic E-state index is 13.8. The predicted octanol–water partition coefficient (Wildman–Crippen LogP) is 4.51. The maximum absolute atomic E-state index is 13.8. The third-order valence-corrected chi connectivity index (χ3v) is 9.19. The zero-order valence-electron chi connectivity index (χ0n) is 24.0. The molecule has 42 heavy (non-hydrogen) atoms. The Morgan fingerprint density at radius 1 is 0.881 bits per heavy atom. The molecular formula is C31H31ClN4O5S. The molecule has 0 fully saturated rings. The Kier molecular flexibility index (Phi) is 7.89. The van der Waals surface area contributed by atoms with E-state index < -0.39 is 15.6 Å². The minimum Gasteiger partial charge on any atom is -0.492 e. The molecule has 0 spiro atoms. The molecule has 5 rings (SSSR count). The molecule has 9 nitrogen and oxygen atoms in total. The highest BCUT2D eigenvalue weighted by Crippen LogP contribution is 2.38. The number of benzene rings is 2. The van der Waals surface area contributed by atoms with E-state index in [1.807, 2.05) is 50.2 Å². The lowest BCUT2D eigenvalue weighted by Crippen LogP contribution is -2.23. The fraction of sp³-hybridized carbons (Fsp3) is 0.226. The lowest BCUT2D eigenvalue weighted by molar-refractivity contribution is 0.261. The third kappa shape index (κ3) is 5.40. The van der Waals surface area contributed by atoms with Crippen molar-refractivity contribution in [2.45, 2.75) is 11.8 Å². The molecule has 0 aliphatic rings. The van der Waals surface area contributed by atoms with Crippen molar-refractivity contribution in [1.29, 1.82) is 0 Å². The van der Waals surface area contributed by atoms with Crippen LogP contribution in [0.4, 0.5) is 0 Å². The molecule has 0 radical (unpaired) electrons. The first-order valence-electron chi connectivity index (χ1n) is 13.2. The normalized spacial score (nSPS) is 11.9. The highest BCUT2D eigenvalue weighted by Gasteiger charge is 2.27. The fourth-order valence-corrected chi connectivity index (χ4v) is 6.66. The Labute approximate surface area is 248 Å². The summed E-state index contributed by atoms with van der Waals surface area (Å²) in [5.41, 5.74) is 2.45. The lowest BCUT2D eigenvalue weighted by Gasteiger charge is -2.16. The molecule has 11 heteroatoms. The number of pyridine rings is 2. The van der Waals surface area contributed by atoms with E-state index in [9.17, 15) is 18.0 Å². The second-order valence-electron chi connectivity index (χ2n) is 10.5. The van der Waals surface area contributed by atoms with Gasteiger partial charge in [-0.1, -0.05) is 41.4 Å². The smallest absolute Gasteiger partial charge is 0.275 e. The van der Waals surface area contributed by atoms with E-state index in [2.05, 4.69) is 0 Å².